The summed E-state index contributed by atoms with van der Waals surface area (Å²) in [6, 6.07) is 15.6. The molecular weight excluding hydrogens is 459 g/mol. The first-order valence-electron chi connectivity index (χ1n) is 11.3. The molecule has 180 valence electrons. The van der Waals surface area contributed by atoms with Crippen LogP contribution in [0.3, 0.4) is 0 Å². The van der Waals surface area contributed by atoms with E-state index >= 15 is 0 Å². The molecule has 0 saturated carbocycles. The average Bonchev–Trinajstić information content (AvgIpc) is 2.91. The van der Waals surface area contributed by atoms with Crippen LogP contribution in [-0.2, 0) is 4.79 Å². The van der Waals surface area contributed by atoms with Gasteiger partial charge >= 0.3 is 0 Å². The van der Waals surface area contributed by atoms with Crippen LogP contribution in [0.5, 0.6) is 0 Å². The summed E-state index contributed by atoms with van der Waals surface area (Å²) in [4.78, 5) is 17.9. The number of halogens is 1. The van der Waals surface area contributed by atoms with Gasteiger partial charge in [0.25, 0.3) is 5.91 Å². The van der Waals surface area contributed by atoms with E-state index in [-0.39, 0.29) is 11.6 Å². The van der Waals surface area contributed by atoms with E-state index in [1.165, 1.54) is 29.8 Å². The minimum absolute atomic E-state index is 0.0823. The van der Waals surface area contributed by atoms with E-state index in [0.717, 1.165) is 18.4 Å². The number of nitrogens with two attached hydrogens (primary N) is 1. The fourth-order valence-electron chi connectivity index (χ4n) is 4.22. The molecule has 8 nitrogen and oxygen atoms in total. The number of nitriles is 2. The van der Waals surface area contributed by atoms with Gasteiger partial charge in [0, 0.05) is 42.5 Å². The SMILES string of the molecule is N#Cc1ccc(-c2c(-c3ccc(/C=C/C(=O)NO)cc3)cnc(N3CCC(N)CC3)c2C#N)cc1F. The molecule has 0 atom stereocenters. The number of benzene rings is 2. The first kappa shape index (κ1) is 24.6. The van der Waals surface area contributed by atoms with Crippen molar-refractivity contribution in [3.63, 3.8) is 0 Å². The highest BCUT2D eigenvalue weighted by molar-refractivity contribution is 5.92. The molecule has 2 aromatic carbocycles. The maximum absolute atomic E-state index is 14.6. The Kier molecular flexibility index (Phi) is 7.36. The zero-order valence-corrected chi connectivity index (χ0v) is 19.3. The Hall–Kier alpha value is -4.57. The summed E-state index contributed by atoms with van der Waals surface area (Å²) < 4.78 is 14.6. The summed E-state index contributed by atoms with van der Waals surface area (Å²) >= 11 is 0. The highest BCUT2D eigenvalue weighted by atomic mass is 19.1. The zero-order chi connectivity index (χ0) is 25.7. The lowest BCUT2D eigenvalue weighted by atomic mass is 9.91. The van der Waals surface area contributed by atoms with Gasteiger partial charge in [0.2, 0.25) is 0 Å². The number of aromatic nitrogens is 1. The van der Waals surface area contributed by atoms with Gasteiger partial charge < -0.3 is 10.6 Å². The first-order chi connectivity index (χ1) is 17.4. The molecule has 0 unspecified atom stereocenters. The Bertz CT molecular complexity index is 1400. The number of pyridine rings is 1. The van der Waals surface area contributed by atoms with Crippen molar-refractivity contribution < 1.29 is 14.4 Å². The van der Waals surface area contributed by atoms with E-state index in [0.29, 0.717) is 46.7 Å². The second kappa shape index (κ2) is 10.8. The quantitative estimate of drug-likeness (QED) is 0.286. The van der Waals surface area contributed by atoms with Crippen molar-refractivity contribution in [1.82, 2.24) is 10.5 Å². The molecule has 4 rings (SSSR count). The Morgan fingerprint density at radius 1 is 1.14 bits per heavy atom. The zero-order valence-electron chi connectivity index (χ0n) is 19.3. The van der Waals surface area contributed by atoms with Crippen molar-refractivity contribution >= 4 is 17.8 Å². The van der Waals surface area contributed by atoms with E-state index in [1.54, 1.807) is 36.5 Å². The number of hydrogen-bond acceptors (Lipinski definition) is 7. The lowest BCUT2D eigenvalue weighted by Gasteiger charge is -2.32. The monoisotopic (exact) mass is 482 g/mol. The molecule has 0 spiro atoms. The third kappa shape index (κ3) is 5.08. The van der Waals surface area contributed by atoms with Gasteiger partial charge in [-0.15, -0.1) is 0 Å². The molecule has 1 saturated heterocycles. The number of hydrogen-bond donors (Lipinski definition) is 3. The molecule has 9 heteroatoms. The Morgan fingerprint density at radius 2 is 1.83 bits per heavy atom. The summed E-state index contributed by atoms with van der Waals surface area (Å²) in [5.41, 5.74) is 10.9. The Morgan fingerprint density at radius 3 is 2.44 bits per heavy atom. The second-order valence-electron chi connectivity index (χ2n) is 8.42. The summed E-state index contributed by atoms with van der Waals surface area (Å²) in [7, 11) is 0. The highest BCUT2D eigenvalue weighted by Gasteiger charge is 2.25. The number of amides is 1. The number of piperidine rings is 1. The van der Waals surface area contributed by atoms with E-state index in [2.05, 4.69) is 11.1 Å². The molecule has 36 heavy (non-hydrogen) atoms. The number of nitrogens with zero attached hydrogens (tertiary/aromatic N) is 4. The predicted octanol–water partition coefficient (Wildman–Crippen LogP) is 3.74. The molecular formula is C27H23FN6O2. The predicted molar refractivity (Wildman–Crippen MR) is 133 cm³/mol. The third-order valence-electron chi connectivity index (χ3n) is 6.15. The molecule has 0 radical (unpaired) electrons. The van der Waals surface area contributed by atoms with E-state index in [1.807, 2.05) is 11.0 Å². The van der Waals surface area contributed by atoms with Gasteiger partial charge in [-0.3, -0.25) is 10.0 Å². The number of hydroxylamine groups is 1. The minimum atomic E-state index is -0.671. The first-order valence-corrected chi connectivity index (χ1v) is 11.3. The van der Waals surface area contributed by atoms with Crippen molar-refractivity contribution in [3.05, 3.63) is 77.2 Å². The lowest BCUT2D eigenvalue weighted by molar-refractivity contribution is -0.124. The van der Waals surface area contributed by atoms with Crippen LogP contribution < -0.4 is 16.1 Å². The summed E-state index contributed by atoms with van der Waals surface area (Å²) in [6.07, 6.45) is 5.95. The molecule has 1 aromatic heterocycles. The molecule has 1 fully saturated rings. The normalized spacial score (nSPS) is 13.9. The number of anilines is 1. The van der Waals surface area contributed by atoms with Gasteiger partial charge in [0.1, 0.15) is 29.3 Å². The maximum Gasteiger partial charge on any atom is 0.267 e. The van der Waals surface area contributed by atoms with Crippen molar-refractivity contribution in [3.8, 4) is 34.4 Å². The van der Waals surface area contributed by atoms with Crippen LogP contribution in [0.4, 0.5) is 10.2 Å². The average molecular weight is 483 g/mol. The smallest absolute Gasteiger partial charge is 0.267 e. The Balaban J connectivity index is 1.85. The van der Waals surface area contributed by atoms with Crippen LogP contribution in [-0.4, -0.2) is 35.2 Å². The second-order valence-corrected chi connectivity index (χ2v) is 8.42. The van der Waals surface area contributed by atoms with Crippen molar-refractivity contribution in [2.75, 3.05) is 18.0 Å². The number of carbonyl (C=O) groups is 1. The highest BCUT2D eigenvalue weighted by Crippen LogP contribution is 2.39. The summed E-state index contributed by atoms with van der Waals surface area (Å²) in [5.74, 6) is -0.807. The molecule has 1 aliphatic rings. The fraction of sp³-hybridized carbons (Fsp3) is 0.185. The minimum Gasteiger partial charge on any atom is -0.355 e. The molecule has 1 amide bonds. The van der Waals surface area contributed by atoms with Crippen molar-refractivity contribution in [2.45, 2.75) is 18.9 Å². The van der Waals surface area contributed by atoms with Gasteiger partial charge in [0.15, 0.2) is 0 Å². The van der Waals surface area contributed by atoms with Gasteiger partial charge in [0.05, 0.1) is 5.56 Å². The lowest BCUT2D eigenvalue weighted by Crippen LogP contribution is -2.40. The summed E-state index contributed by atoms with van der Waals surface area (Å²) in [5, 5.41) is 28.0. The number of rotatable bonds is 5. The molecule has 4 N–H and O–H groups in total. The summed E-state index contributed by atoms with van der Waals surface area (Å²) in [6.45, 7) is 1.32. The van der Waals surface area contributed by atoms with Gasteiger partial charge in [-0.05, 0) is 47.7 Å². The topological polar surface area (TPSA) is 139 Å². The van der Waals surface area contributed by atoms with Crippen LogP contribution in [0.2, 0.25) is 0 Å². The van der Waals surface area contributed by atoms with E-state index in [9.17, 15) is 14.4 Å². The third-order valence-corrected chi connectivity index (χ3v) is 6.15. The van der Waals surface area contributed by atoms with Crippen molar-refractivity contribution in [1.29, 1.82) is 10.5 Å². The fourth-order valence-corrected chi connectivity index (χ4v) is 4.22. The van der Waals surface area contributed by atoms with Gasteiger partial charge in [-0.2, -0.15) is 10.5 Å². The molecule has 0 aliphatic carbocycles. The molecule has 0 bridgehead atoms. The van der Waals surface area contributed by atoms with E-state index in [4.69, 9.17) is 16.2 Å². The largest absolute Gasteiger partial charge is 0.355 e. The van der Waals surface area contributed by atoms with Crippen LogP contribution in [0.25, 0.3) is 28.3 Å². The Labute approximate surface area is 207 Å². The molecule has 1 aliphatic heterocycles. The van der Waals surface area contributed by atoms with Gasteiger partial charge in [-0.25, -0.2) is 14.9 Å². The van der Waals surface area contributed by atoms with E-state index < -0.39 is 11.7 Å². The van der Waals surface area contributed by atoms with Crippen LogP contribution >= 0.6 is 0 Å². The number of nitrogens with one attached hydrogen (secondary N) is 1. The van der Waals surface area contributed by atoms with Crippen molar-refractivity contribution in [2.24, 2.45) is 5.73 Å². The van der Waals surface area contributed by atoms with Crippen LogP contribution in [0.15, 0.2) is 54.7 Å². The molecule has 3 aromatic rings. The maximum atomic E-state index is 14.6. The standard InChI is InChI=1S/C27H23FN6O2/c28-24-13-19(6-7-20(24)14-29)26-22(15-30)27(34-11-9-21(31)10-12-34)32-16-23(26)18-4-1-17(2-5-18)3-8-25(35)33-36/h1-8,13,16,21,36H,9-12,31H2,(H,33,35)/b8-3+. The molecule has 2 heterocycles. The number of carbonyl (C=O) groups excluding carboxylic acids is 1. The van der Waals surface area contributed by atoms with Gasteiger partial charge in [-0.1, -0.05) is 30.3 Å². The van der Waals surface area contributed by atoms with Crippen LogP contribution in [0.1, 0.15) is 29.5 Å². The van der Waals surface area contributed by atoms with Crippen LogP contribution in [0, 0.1) is 28.5 Å².